The van der Waals surface area contributed by atoms with Crippen LogP contribution in [-0.2, 0) is 6.42 Å². The van der Waals surface area contributed by atoms with E-state index in [0.29, 0.717) is 0 Å². The van der Waals surface area contributed by atoms with Gasteiger partial charge in [0.05, 0.1) is 5.01 Å². The Morgan fingerprint density at radius 3 is 3.14 bits per heavy atom. The van der Waals surface area contributed by atoms with E-state index in [-0.39, 0.29) is 0 Å². The fourth-order valence-corrected chi connectivity index (χ4v) is 0.895. The SMILES string of the molecule is CCc1n[c]cs1. The van der Waals surface area contributed by atoms with Gasteiger partial charge in [0.2, 0.25) is 0 Å². The summed E-state index contributed by atoms with van der Waals surface area (Å²) in [7, 11) is 0. The Hall–Kier alpha value is -0.370. The van der Waals surface area contributed by atoms with E-state index in [1.807, 2.05) is 5.38 Å². The fraction of sp³-hybridized carbons (Fsp3) is 0.400. The number of aryl methyl sites for hydroxylation is 1. The Kier molecular flexibility index (Phi) is 1.42. The lowest BCUT2D eigenvalue weighted by Gasteiger charge is -1.76. The molecule has 0 fully saturated rings. The van der Waals surface area contributed by atoms with Crippen LogP contribution in [0.2, 0.25) is 0 Å². The molecule has 1 aromatic heterocycles. The molecule has 0 aliphatic carbocycles. The predicted molar refractivity (Wildman–Crippen MR) is 30.3 cm³/mol. The molecule has 0 aliphatic heterocycles. The van der Waals surface area contributed by atoms with Gasteiger partial charge in [-0.3, -0.25) is 0 Å². The Balaban J connectivity index is 2.76. The van der Waals surface area contributed by atoms with Gasteiger partial charge in [0, 0.05) is 5.38 Å². The second kappa shape index (κ2) is 2.07. The summed E-state index contributed by atoms with van der Waals surface area (Å²) in [6, 6.07) is 0. The molecule has 0 saturated heterocycles. The summed E-state index contributed by atoms with van der Waals surface area (Å²) in [4.78, 5) is 3.93. The van der Waals surface area contributed by atoms with Gasteiger partial charge in [-0.15, -0.1) is 11.3 Å². The van der Waals surface area contributed by atoms with Crippen LogP contribution in [0.3, 0.4) is 0 Å². The number of hydrogen-bond acceptors (Lipinski definition) is 2. The van der Waals surface area contributed by atoms with E-state index in [9.17, 15) is 0 Å². The van der Waals surface area contributed by atoms with Gasteiger partial charge in [0.25, 0.3) is 0 Å². The van der Waals surface area contributed by atoms with Crippen LogP contribution >= 0.6 is 11.3 Å². The number of nitrogens with zero attached hydrogens (tertiary/aromatic N) is 1. The molecule has 0 saturated carbocycles. The largest absolute Gasteiger partial charge is 0.240 e. The van der Waals surface area contributed by atoms with Crippen molar-refractivity contribution in [2.45, 2.75) is 13.3 Å². The molecule has 0 N–H and O–H groups in total. The molecular formula is C5H6NS. The lowest BCUT2D eigenvalue weighted by molar-refractivity contribution is 1.09. The third-order valence-electron chi connectivity index (χ3n) is 0.739. The van der Waals surface area contributed by atoms with Crippen molar-refractivity contribution in [1.82, 2.24) is 4.98 Å². The molecule has 1 aromatic rings. The lowest BCUT2D eigenvalue weighted by Crippen LogP contribution is -1.71. The molecule has 0 bridgehead atoms. The van der Waals surface area contributed by atoms with Crippen LogP contribution in [0.5, 0.6) is 0 Å². The maximum absolute atomic E-state index is 3.93. The molecule has 0 amide bonds. The molecule has 0 aromatic carbocycles. The van der Waals surface area contributed by atoms with E-state index in [1.54, 1.807) is 11.3 Å². The van der Waals surface area contributed by atoms with Crippen LogP contribution in [0, 0.1) is 6.20 Å². The van der Waals surface area contributed by atoms with E-state index in [0.717, 1.165) is 6.42 Å². The zero-order valence-electron chi connectivity index (χ0n) is 4.14. The Morgan fingerprint density at radius 1 is 2.00 bits per heavy atom. The van der Waals surface area contributed by atoms with Crippen molar-refractivity contribution < 1.29 is 0 Å². The summed E-state index contributed by atoms with van der Waals surface area (Å²) < 4.78 is 0. The Bertz CT molecular complexity index is 123. The highest BCUT2D eigenvalue weighted by Gasteiger charge is 1.85. The number of hydrogen-bond donors (Lipinski definition) is 0. The van der Waals surface area contributed by atoms with Gasteiger partial charge in [-0.1, -0.05) is 6.92 Å². The van der Waals surface area contributed by atoms with Crippen LogP contribution in [-0.4, -0.2) is 4.98 Å². The second-order valence-corrected chi connectivity index (χ2v) is 2.17. The minimum absolute atomic E-state index is 1.04. The van der Waals surface area contributed by atoms with Gasteiger partial charge in [0.15, 0.2) is 0 Å². The minimum atomic E-state index is 1.04. The summed E-state index contributed by atoms with van der Waals surface area (Å²) in [5.41, 5.74) is 0. The molecule has 0 aliphatic rings. The first-order valence-electron chi connectivity index (χ1n) is 2.24. The van der Waals surface area contributed by atoms with Crippen molar-refractivity contribution >= 4 is 11.3 Å². The van der Waals surface area contributed by atoms with Crippen molar-refractivity contribution in [2.75, 3.05) is 0 Å². The Labute approximate surface area is 47.0 Å². The predicted octanol–water partition coefficient (Wildman–Crippen LogP) is 1.51. The zero-order valence-corrected chi connectivity index (χ0v) is 4.96. The first-order chi connectivity index (χ1) is 3.43. The van der Waals surface area contributed by atoms with Crippen molar-refractivity contribution in [3.8, 4) is 0 Å². The van der Waals surface area contributed by atoms with Crippen LogP contribution in [0.1, 0.15) is 11.9 Å². The summed E-state index contributed by atoms with van der Waals surface area (Å²) in [5, 5.41) is 3.04. The number of thiazole rings is 1. The molecule has 2 heteroatoms. The zero-order chi connectivity index (χ0) is 5.11. The number of rotatable bonds is 1. The van der Waals surface area contributed by atoms with Crippen LogP contribution < -0.4 is 0 Å². The molecular weight excluding hydrogens is 106 g/mol. The molecule has 1 rings (SSSR count). The molecule has 1 nitrogen and oxygen atoms in total. The van der Waals surface area contributed by atoms with Gasteiger partial charge in [-0.2, -0.15) is 0 Å². The van der Waals surface area contributed by atoms with Gasteiger partial charge in [-0.25, -0.2) is 4.98 Å². The maximum Gasteiger partial charge on any atom is 0.101 e. The molecule has 7 heavy (non-hydrogen) atoms. The summed E-state index contributed by atoms with van der Waals surface area (Å²) >= 11 is 1.66. The van der Waals surface area contributed by atoms with Crippen LogP contribution in [0.15, 0.2) is 5.38 Å². The van der Waals surface area contributed by atoms with Crippen molar-refractivity contribution in [3.63, 3.8) is 0 Å². The summed E-state index contributed by atoms with van der Waals surface area (Å²) in [6.07, 6.45) is 3.79. The van der Waals surface area contributed by atoms with Crippen LogP contribution in [0.25, 0.3) is 0 Å². The number of aromatic nitrogens is 1. The molecule has 0 unspecified atom stereocenters. The van der Waals surface area contributed by atoms with E-state index < -0.39 is 0 Å². The van der Waals surface area contributed by atoms with Gasteiger partial charge in [-0.05, 0) is 6.42 Å². The second-order valence-electron chi connectivity index (χ2n) is 1.22. The molecule has 37 valence electrons. The highest BCUT2D eigenvalue weighted by atomic mass is 32.1. The third-order valence-corrected chi connectivity index (χ3v) is 1.61. The molecule has 1 radical (unpaired) electrons. The first kappa shape index (κ1) is 4.78. The van der Waals surface area contributed by atoms with Gasteiger partial charge >= 0.3 is 0 Å². The minimum Gasteiger partial charge on any atom is -0.240 e. The molecule has 0 spiro atoms. The average molecular weight is 112 g/mol. The van der Waals surface area contributed by atoms with Gasteiger partial charge in [0.1, 0.15) is 6.20 Å². The van der Waals surface area contributed by atoms with Crippen LogP contribution in [0.4, 0.5) is 0 Å². The van der Waals surface area contributed by atoms with Gasteiger partial charge < -0.3 is 0 Å². The topological polar surface area (TPSA) is 12.9 Å². The lowest BCUT2D eigenvalue weighted by atomic mass is 10.5. The average Bonchev–Trinajstić information content (AvgIpc) is 2.14. The first-order valence-corrected chi connectivity index (χ1v) is 3.12. The fourth-order valence-electron chi connectivity index (χ4n) is 0.381. The van der Waals surface area contributed by atoms with E-state index in [4.69, 9.17) is 0 Å². The van der Waals surface area contributed by atoms with E-state index in [2.05, 4.69) is 18.1 Å². The normalized spacial score (nSPS) is 9.29. The maximum atomic E-state index is 3.93. The van der Waals surface area contributed by atoms with E-state index >= 15 is 0 Å². The quantitative estimate of drug-likeness (QED) is 0.536. The van der Waals surface area contributed by atoms with Crippen molar-refractivity contribution in [1.29, 1.82) is 0 Å². The summed E-state index contributed by atoms with van der Waals surface area (Å²) in [5.74, 6) is 0. The van der Waals surface area contributed by atoms with E-state index in [1.165, 1.54) is 5.01 Å². The van der Waals surface area contributed by atoms with Crippen molar-refractivity contribution in [2.24, 2.45) is 0 Å². The van der Waals surface area contributed by atoms with Crippen molar-refractivity contribution in [3.05, 3.63) is 16.6 Å². The monoisotopic (exact) mass is 112 g/mol. The summed E-state index contributed by atoms with van der Waals surface area (Å²) in [6.45, 7) is 2.09. The highest BCUT2D eigenvalue weighted by Crippen LogP contribution is 2.01. The Morgan fingerprint density at radius 2 is 2.86 bits per heavy atom. The third kappa shape index (κ3) is 0.996. The standard InChI is InChI=1S/C5H6NS/c1-2-5-6-3-4-7-5/h4H,2H2,1H3. The smallest absolute Gasteiger partial charge is 0.101 e. The molecule has 0 atom stereocenters. The highest BCUT2D eigenvalue weighted by molar-refractivity contribution is 7.09. The molecule has 1 heterocycles.